The molecule has 0 spiro atoms. The number of aliphatic hydroxyl groups excluding tert-OH is 1. The zero-order chi connectivity index (χ0) is 14.1. The van der Waals surface area contributed by atoms with Gasteiger partial charge in [0.05, 0.1) is 6.10 Å². The Hall–Kier alpha value is -0.550. The number of benzene rings is 1. The van der Waals surface area contributed by atoms with E-state index in [-0.39, 0.29) is 12.2 Å². The van der Waals surface area contributed by atoms with Crippen LogP contribution in [0.4, 0.5) is 4.39 Å². The highest BCUT2D eigenvalue weighted by atomic mass is 35.5. The molecule has 0 saturated carbocycles. The molecule has 1 aliphatic heterocycles. The van der Waals surface area contributed by atoms with E-state index in [4.69, 9.17) is 11.6 Å². The molecule has 3 rings (SSSR count). The van der Waals surface area contributed by atoms with Crippen LogP contribution in [0.2, 0.25) is 5.02 Å². The van der Waals surface area contributed by atoms with Crippen LogP contribution in [-0.4, -0.2) is 10.9 Å². The number of thiophene rings is 1. The molecule has 0 radical (unpaired) electrons. The molecule has 0 saturated heterocycles. The molecule has 1 nitrogen and oxygen atoms in total. The molecule has 5 heteroatoms. The van der Waals surface area contributed by atoms with Crippen LogP contribution in [0.3, 0.4) is 0 Å². The number of hydrogen-bond donors (Lipinski definition) is 1. The molecule has 1 aliphatic rings. The Morgan fingerprint density at radius 3 is 3.00 bits per heavy atom. The second-order valence-electron chi connectivity index (χ2n) is 4.82. The summed E-state index contributed by atoms with van der Waals surface area (Å²) in [6.45, 7) is 0. The molecule has 1 aromatic heterocycles. The van der Waals surface area contributed by atoms with E-state index in [1.807, 2.05) is 11.8 Å². The van der Waals surface area contributed by atoms with Crippen LogP contribution >= 0.6 is 34.7 Å². The maximum absolute atomic E-state index is 13.8. The van der Waals surface area contributed by atoms with Gasteiger partial charge in [-0.1, -0.05) is 17.7 Å². The molecular formula is C15H14ClFOS2. The monoisotopic (exact) mass is 328 g/mol. The summed E-state index contributed by atoms with van der Waals surface area (Å²) in [5.74, 6) is 1.80. The highest BCUT2D eigenvalue weighted by molar-refractivity contribution is 7.98. The average molecular weight is 329 g/mol. The van der Waals surface area contributed by atoms with E-state index in [9.17, 15) is 9.50 Å². The average Bonchev–Trinajstić information content (AvgIpc) is 2.87. The van der Waals surface area contributed by atoms with E-state index in [0.717, 1.165) is 22.8 Å². The van der Waals surface area contributed by atoms with Gasteiger partial charge in [0, 0.05) is 32.5 Å². The number of rotatable bonds is 3. The van der Waals surface area contributed by atoms with Crippen molar-refractivity contribution in [1.29, 1.82) is 0 Å². The zero-order valence-electron chi connectivity index (χ0n) is 10.7. The minimum atomic E-state index is -0.690. The highest BCUT2D eigenvalue weighted by Crippen LogP contribution is 2.36. The van der Waals surface area contributed by atoms with Crippen LogP contribution in [0, 0.1) is 5.82 Å². The molecule has 20 heavy (non-hydrogen) atoms. The molecule has 1 atom stereocenters. The van der Waals surface area contributed by atoms with Gasteiger partial charge in [-0.05, 0) is 35.9 Å². The lowest BCUT2D eigenvalue weighted by Crippen LogP contribution is -2.02. The smallest absolute Gasteiger partial charge is 0.127 e. The molecule has 1 unspecified atom stereocenters. The van der Waals surface area contributed by atoms with Crippen LogP contribution in [0.1, 0.15) is 27.0 Å². The first-order chi connectivity index (χ1) is 9.65. The van der Waals surface area contributed by atoms with Gasteiger partial charge in [-0.25, -0.2) is 4.39 Å². The summed E-state index contributed by atoms with van der Waals surface area (Å²) in [6, 6.07) is 6.67. The van der Waals surface area contributed by atoms with E-state index >= 15 is 0 Å². The van der Waals surface area contributed by atoms with E-state index in [1.165, 1.54) is 16.5 Å². The summed E-state index contributed by atoms with van der Waals surface area (Å²) in [5, 5.41) is 10.7. The normalized spacial score (nSPS) is 15.9. The lowest BCUT2D eigenvalue weighted by Gasteiger charge is -2.10. The summed E-state index contributed by atoms with van der Waals surface area (Å²) >= 11 is 9.57. The fraction of sp³-hybridized carbons (Fsp3) is 0.333. The Bertz CT molecular complexity index is 583. The third-order valence-electron chi connectivity index (χ3n) is 3.43. The number of fused-ring (bicyclic) bond motifs is 1. The fourth-order valence-corrected chi connectivity index (χ4v) is 4.96. The van der Waals surface area contributed by atoms with Crippen molar-refractivity contribution in [3.05, 3.63) is 56.0 Å². The van der Waals surface area contributed by atoms with E-state index in [1.54, 1.807) is 23.5 Å². The molecule has 2 aromatic rings. The van der Waals surface area contributed by atoms with E-state index < -0.39 is 6.10 Å². The van der Waals surface area contributed by atoms with Gasteiger partial charge in [-0.15, -0.1) is 11.3 Å². The molecule has 0 amide bonds. The van der Waals surface area contributed by atoms with Gasteiger partial charge in [-0.3, -0.25) is 0 Å². The van der Waals surface area contributed by atoms with Gasteiger partial charge in [0.1, 0.15) is 5.82 Å². The van der Waals surface area contributed by atoms with Gasteiger partial charge in [0.25, 0.3) is 0 Å². The van der Waals surface area contributed by atoms with Gasteiger partial charge >= 0.3 is 0 Å². The van der Waals surface area contributed by atoms with Crippen molar-refractivity contribution in [3.63, 3.8) is 0 Å². The minimum absolute atomic E-state index is 0.220. The fourth-order valence-electron chi connectivity index (χ4n) is 2.36. The van der Waals surface area contributed by atoms with Crippen LogP contribution in [-0.2, 0) is 18.6 Å². The van der Waals surface area contributed by atoms with Crippen LogP contribution < -0.4 is 0 Å². The van der Waals surface area contributed by atoms with Crippen LogP contribution in [0.15, 0.2) is 24.3 Å². The van der Waals surface area contributed by atoms with Crippen molar-refractivity contribution in [1.82, 2.24) is 0 Å². The Labute approximate surface area is 130 Å². The zero-order valence-corrected chi connectivity index (χ0v) is 13.1. The lowest BCUT2D eigenvalue weighted by molar-refractivity contribution is 0.181. The lowest BCUT2D eigenvalue weighted by atomic mass is 10.1. The van der Waals surface area contributed by atoms with Crippen molar-refractivity contribution in [2.24, 2.45) is 0 Å². The van der Waals surface area contributed by atoms with Crippen molar-refractivity contribution < 1.29 is 9.50 Å². The molecule has 1 aromatic carbocycles. The molecule has 1 N–H and O–H groups in total. The first-order valence-corrected chi connectivity index (χ1v) is 8.80. The minimum Gasteiger partial charge on any atom is -0.387 e. The Morgan fingerprint density at radius 2 is 2.25 bits per heavy atom. The number of halogens is 2. The second-order valence-corrected chi connectivity index (χ2v) is 7.50. The molecular weight excluding hydrogens is 315 g/mol. The molecule has 0 bridgehead atoms. The summed E-state index contributed by atoms with van der Waals surface area (Å²) in [6.07, 6.45) is 0.598. The summed E-state index contributed by atoms with van der Waals surface area (Å²) in [5.41, 5.74) is 1.71. The van der Waals surface area contributed by atoms with Crippen molar-refractivity contribution in [3.8, 4) is 0 Å². The summed E-state index contributed by atoms with van der Waals surface area (Å²) < 4.78 is 13.8. The van der Waals surface area contributed by atoms with Crippen molar-refractivity contribution >= 4 is 34.7 Å². The van der Waals surface area contributed by atoms with Crippen LogP contribution in [0.25, 0.3) is 0 Å². The number of aryl methyl sites for hydroxylation is 1. The number of aliphatic hydroxyl groups is 1. The molecule has 0 aliphatic carbocycles. The number of thioether (sulfide) groups is 1. The predicted molar refractivity (Wildman–Crippen MR) is 84.3 cm³/mol. The maximum atomic E-state index is 13.8. The van der Waals surface area contributed by atoms with Gasteiger partial charge in [0.15, 0.2) is 0 Å². The molecule has 0 fully saturated rings. The summed E-state index contributed by atoms with van der Waals surface area (Å²) in [7, 11) is 0. The number of hydrogen-bond acceptors (Lipinski definition) is 3. The SMILES string of the molecule is OC(Cc1c(F)cccc1Cl)c1cc2c(s1)CCSC2. The largest absolute Gasteiger partial charge is 0.387 e. The van der Waals surface area contributed by atoms with Gasteiger partial charge in [0.2, 0.25) is 0 Å². The second kappa shape index (κ2) is 6.06. The van der Waals surface area contributed by atoms with Gasteiger partial charge in [-0.2, -0.15) is 11.8 Å². The van der Waals surface area contributed by atoms with Crippen LogP contribution in [0.5, 0.6) is 0 Å². The standard InChI is InChI=1S/C15H14ClFOS2/c16-11-2-1-3-12(17)10(11)7-13(18)15-6-9-8-19-5-4-14(9)20-15/h1-3,6,13,18H,4-5,7-8H2. The first-order valence-electron chi connectivity index (χ1n) is 6.45. The Balaban J connectivity index is 1.82. The molecule has 106 valence electrons. The third-order valence-corrected chi connectivity index (χ3v) is 6.13. The molecule has 2 heterocycles. The topological polar surface area (TPSA) is 20.2 Å². The maximum Gasteiger partial charge on any atom is 0.127 e. The summed E-state index contributed by atoms with van der Waals surface area (Å²) in [4.78, 5) is 2.27. The third kappa shape index (κ3) is 2.89. The van der Waals surface area contributed by atoms with Gasteiger partial charge < -0.3 is 5.11 Å². The van der Waals surface area contributed by atoms with E-state index in [2.05, 4.69) is 6.07 Å². The van der Waals surface area contributed by atoms with Crippen molar-refractivity contribution in [2.75, 3.05) is 5.75 Å². The van der Waals surface area contributed by atoms with Crippen molar-refractivity contribution in [2.45, 2.75) is 24.7 Å². The quantitative estimate of drug-likeness (QED) is 0.888. The predicted octanol–water partition coefficient (Wildman–Crippen LogP) is 4.61. The highest BCUT2D eigenvalue weighted by Gasteiger charge is 2.20. The Morgan fingerprint density at radius 1 is 1.40 bits per heavy atom. The first kappa shape index (κ1) is 14.4. The van der Waals surface area contributed by atoms with E-state index in [0.29, 0.717) is 10.6 Å². The Kier molecular flexibility index (Phi) is 4.36.